The van der Waals surface area contributed by atoms with Crippen LogP contribution in [0.5, 0.6) is 0 Å². The van der Waals surface area contributed by atoms with Gasteiger partial charge in [-0.2, -0.15) is 5.10 Å². The number of hydrogen-bond acceptors (Lipinski definition) is 5. The van der Waals surface area contributed by atoms with Crippen LogP contribution < -0.4 is 16.2 Å². The van der Waals surface area contributed by atoms with Crippen molar-refractivity contribution < 1.29 is 14.4 Å². The predicted octanol–water partition coefficient (Wildman–Crippen LogP) is 0.763. The van der Waals surface area contributed by atoms with Crippen LogP contribution in [0.25, 0.3) is 0 Å². The summed E-state index contributed by atoms with van der Waals surface area (Å²) in [5.74, 6) is -0.665. The second-order valence-electron chi connectivity index (χ2n) is 6.61. The third-order valence-electron chi connectivity index (χ3n) is 4.46. The number of benzene rings is 1. The third-order valence-corrected chi connectivity index (χ3v) is 4.46. The number of nitrogens with zero attached hydrogens (tertiary/aromatic N) is 2. The average molecular weight is 383 g/mol. The SMILES string of the molecule is CC(=O)Nc1cccc(C(=O)N2CCC(NC(=O)c3ccc(=O)[nH]n3)CC2)c1. The minimum absolute atomic E-state index is 0.0732. The Morgan fingerprint density at radius 2 is 1.89 bits per heavy atom. The number of amides is 3. The summed E-state index contributed by atoms with van der Waals surface area (Å²) in [6.45, 7) is 2.43. The van der Waals surface area contributed by atoms with Crippen LogP contribution in [0.15, 0.2) is 41.2 Å². The zero-order valence-electron chi connectivity index (χ0n) is 15.4. The lowest BCUT2D eigenvalue weighted by Gasteiger charge is -2.32. The Morgan fingerprint density at radius 3 is 2.54 bits per heavy atom. The molecule has 9 nitrogen and oxygen atoms in total. The summed E-state index contributed by atoms with van der Waals surface area (Å²) in [6, 6.07) is 9.36. The van der Waals surface area contributed by atoms with Gasteiger partial charge in [0.2, 0.25) is 5.91 Å². The third kappa shape index (κ3) is 4.81. The number of likely N-dealkylation sites (tertiary alicyclic amines) is 1. The molecule has 1 aliphatic rings. The van der Waals surface area contributed by atoms with Crippen molar-refractivity contribution in [1.29, 1.82) is 0 Å². The molecule has 1 aliphatic heterocycles. The van der Waals surface area contributed by atoms with Crippen LogP contribution in [-0.2, 0) is 4.79 Å². The molecule has 146 valence electrons. The lowest BCUT2D eigenvalue weighted by atomic mass is 10.0. The van der Waals surface area contributed by atoms with Crippen LogP contribution in [0.1, 0.15) is 40.6 Å². The maximum absolute atomic E-state index is 12.7. The van der Waals surface area contributed by atoms with Gasteiger partial charge in [0.15, 0.2) is 0 Å². The first-order valence-corrected chi connectivity index (χ1v) is 8.96. The summed E-state index contributed by atoms with van der Waals surface area (Å²) in [6.07, 6.45) is 1.23. The molecule has 3 rings (SSSR count). The van der Waals surface area contributed by atoms with Gasteiger partial charge in [-0.1, -0.05) is 6.07 Å². The molecular formula is C19H21N5O4. The van der Waals surface area contributed by atoms with E-state index < -0.39 is 0 Å². The lowest BCUT2D eigenvalue weighted by molar-refractivity contribution is -0.114. The molecule has 0 saturated carbocycles. The maximum atomic E-state index is 12.7. The first kappa shape index (κ1) is 19.3. The normalized spacial score (nSPS) is 14.4. The van der Waals surface area contributed by atoms with Crippen LogP contribution in [0.3, 0.4) is 0 Å². The maximum Gasteiger partial charge on any atom is 0.271 e. The molecule has 0 spiro atoms. The fourth-order valence-corrected chi connectivity index (χ4v) is 3.07. The highest BCUT2D eigenvalue weighted by Gasteiger charge is 2.25. The van der Waals surface area contributed by atoms with E-state index >= 15 is 0 Å². The number of carbonyl (C=O) groups is 3. The summed E-state index contributed by atoms with van der Waals surface area (Å²) < 4.78 is 0. The largest absolute Gasteiger partial charge is 0.348 e. The molecule has 1 fully saturated rings. The Labute approximate surface area is 161 Å². The molecule has 1 saturated heterocycles. The smallest absolute Gasteiger partial charge is 0.271 e. The quantitative estimate of drug-likeness (QED) is 0.719. The van der Waals surface area contributed by atoms with Gasteiger partial charge >= 0.3 is 0 Å². The second kappa shape index (κ2) is 8.47. The Balaban J connectivity index is 1.55. The number of aromatic nitrogens is 2. The van der Waals surface area contributed by atoms with E-state index in [2.05, 4.69) is 20.8 Å². The number of hydrogen-bond donors (Lipinski definition) is 3. The minimum Gasteiger partial charge on any atom is -0.348 e. The molecule has 0 bridgehead atoms. The Hall–Kier alpha value is -3.49. The van der Waals surface area contributed by atoms with Crippen molar-refractivity contribution in [3.8, 4) is 0 Å². The lowest BCUT2D eigenvalue weighted by Crippen LogP contribution is -2.46. The summed E-state index contributed by atoms with van der Waals surface area (Å²) >= 11 is 0. The zero-order valence-corrected chi connectivity index (χ0v) is 15.4. The number of anilines is 1. The van der Waals surface area contributed by atoms with E-state index in [1.54, 1.807) is 29.2 Å². The van der Waals surface area contributed by atoms with Gasteiger partial charge in [0, 0.05) is 43.4 Å². The Kier molecular flexibility index (Phi) is 5.83. The van der Waals surface area contributed by atoms with E-state index in [-0.39, 0.29) is 35.0 Å². The van der Waals surface area contributed by atoms with Gasteiger partial charge in [-0.3, -0.25) is 19.2 Å². The zero-order chi connectivity index (χ0) is 20.1. The molecule has 3 amide bonds. The van der Waals surface area contributed by atoms with E-state index in [0.717, 1.165) is 0 Å². The van der Waals surface area contributed by atoms with Gasteiger partial charge in [-0.15, -0.1) is 0 Å². The molecule has 0 aliphatic carbocycles. The van der Waals surface area contributed by atoms with E-state index in [1.807, 2.05) is 0 Å². The van der Waals surface area contributed by atoms with E-state index in [1.165, 1.54) is 19.1 Å². The fraction of sp³-hybridized carbons (Fsp3) is 0.316. The molecule has 2 aromatic rings. The Morgan fingerprint density at radius 1 is 1.14 bits per heavy atom. The van der Waals surface area contributed by atoms with E-state index in [0.29, 0.717) is 37.2 Å². The molecular weight excluding hydrogens is 362 g/mol. The molecule has 3 N–H and O–H groups in total. The van der Waals surface area contributed by atoms with Crippen LogP contribution in [-0.4, -0.2) is 52.0 Å². The van der Waals surface area contributed by atoms with Crippen LogP contribution in [0.4, 0.5) is 5.69 Å². The van der Waals surface area contributed by atoms with Gasteiger partial charge in [0.25, 0.3) is 17.4 Å². The molecule has 28 heavy (non-hydrogen) atoms. The minimum atomic E-state index is -0.369. The number of rotatable bonds is 4. The molecule has 1 aromatic carbocycles. The number of carbonyl (C=O) groups excluding carboxylic acids is 3. The molecule has 0 radical (unpaired) electrons. The van der Waals surface area contributed by atoms with Crippen molar-refractivity contribution in [1.82, 2.24) is 20.4 Å². The van der Waals surface area contributed by atoms with Gasteiger partial charge in [-0.05, 0) is 37.1 Å². The number of piperidine rings is 1. The van der Waals surface area contributed by atoms with Crippen molar-refractivity contribution in [2.75, 3.05) is 18.4 Å². The van der Waals surface area contributed by atoms with E-state index in [4.69, 9.17) is 0 Å². The van der Waals surface area contributed by atoms with Crippen LogP contribution in [0.2, 0.25) is 0 Å². The van der Waals surface area contributed by atoms with Crippen molar-refractivity contribution in [3.63, 3.8) is 0 Å². The van der Waals surface area contributed by atoms with Gasteiger partial charge in [0.05, 0.1) is 0 Å². The molecule has 1 aromatic heterocycles. The summed E-state index contributed by atoms with van der Waals surface area (Å²) in [4.78, 5) is 48.8. The highest BCUT2D eigenvalue weighted by Crippen LogP contribution is 2.17. The molecule has 0 unspecified atom stereocenters. The van der Waals surface area contributed by atoms with Crippen molar-refractivity contribution in [3.05, 3.63) is 58.0 Å². The number of aromatic amines is 1. The number of H-pyrrole nitrogens is 1. The highest BCUT2D eigenvalue weighted by atomic mass is 16.2. The van der Waals surface area contributed by atoms with E-state index in [9.17, 15) is 19.2 Å². The van der Waals surface area contributed by atoms with Crippen LogP contribution >= 0.6 is 0 Å². The van der Waals surface area contributed by atoms with Gasteiger partial charge in [0.1, 0.15) is 5.69 Å². The summed E-state index contributed by atoms with van der Waals surface area (Å²) in [5.41, 5.74) is 0.860. The van der Waals surface area contributed by atoms with Gasteiger partial charge in [-0.25, -0.2) is 5.10 Å². The first-order chi connectivity index (χ1) is 13.4. The topological polar surface area (TPSA) is 124 Å². The molecule has 0 atom stereocenters. The average Bonchev–Trinajstić information content (AvgIpc) is 2.68. The van der Waals surface area contributed by atoms with Crippen molar-refractivity contribution >= 4 is 23.4 Å². The van der Waals surface area contributed by atoms with Crippen molar-refractivity contribution in [2.24, 2.45) is 0 Å². The number of nitrogens with one attached hydrogen (secondary N) is 3. The summed E-state index contributed by atoms with van der Waals surface area (Å²) in [5, 5.41) is 11.5. The molecule has 2 heterocycles. The second-order valence-corrected chi connectivity index (χ2v) is 6.61. The fourth-order valence-electron chi connectivity index (χ4n) is 3.07. The predicted molar refractivity (Wildman–Crippen MR) is 102 cm³/mol. The highest BCUT2D eigenvalue weighted by molar-refractivity contribution is 5.97. The first-order valence-electron chi connectivity index (χ1n) is 8.96. The molecule has 9 heteroatoms. The Bertz CT molecular complexity index is 927. The summed E-state index contributed by atoms with van der Waals surface area (Å²) in [7, 11) is 0. The van der Waals surface area contributed by atoms with Crippen LogP contribution in [0, 0.1) is 0 Å². The monoisotopic (exact) mass is 383 g/mol. The standard InChI is InChI=1S/C19H21N5O4/c1-12(25)20-15-4-2-3-13(11-15)19(28)24-9-7-14(8-10-24)21-18(27)16-5-6-17(26)23-22-16/h2-6,11,14H,7-10H2,1H3,(H,20,25)(H,21,27)(H,23,26). The van der Waals surface area contributed by atoms with Gasteiger partial charge < -0.3 is 15.5 Å². The van der Waals surface area contributed by atoms with Crippen molar-refractivity contribution in [2.45, 2.75) is 25.8 Å².